The Morgan fingerprint density at radius 1 is 1.22 bits per heavy atom. The Balaban J connectivity index is 2.05. The number of nitro groups is 1. The van der Waals surface area contributed by atoms with Crippen molar-refractivity contribution < 1.29 is 19.2 Å². The van der Waals surface area contributed by atoms with Crippen molar-refractivity contribution in [3.63, 3.8) is 0 Å². The average Bonchev–Trinajstić information content (AvgIpc) is 2.50. The molecular weight excluding hydrogens is 345 g/mol. The molecule has 0 spiro atoms. The maximum Gasteiger partial charge on any atom is 0.352 e. The maximum absolute atomic E-state index is 12.0. The zero-order chi connectivity index (χ0) is 17.0. The van der Waals surface area contributed by atoms with E-state index >= 15 is 0 Å². The molecule has 0 heterocycles. The molecule has 23 heavy (non-hydrogen) atoms. The monoisotopic (exact) mass is 355 g/mol. The number of carbonyl (C=O) groups is 1. The Labute approximate surface area is 141 Å². The van der Waals surface area contributed by atoms with Gasteiger partial charge in [0.2, 0.25) is 0 Å². The number of nitrogens with zero attached hydrogens (tertiary/aromatic N) is 1. The molecule has 0 bridgehead atoms. The molecule has 120 valence electrons. The summed E-state index contributed by atoms with van der Waals surface area (Å²) < 4.78 is 10.5. The van der Waals surface area contributed by atoms with Gasteiger partial charge in [0, 0.05) is 11.1 Å². The molecule has 0 saturated heterocycles. The van der Waals surface area contributed by atoms with E-state index in [0.29, 0.717) is 5.02 Å². The second-order valence-corrected chi connectivity index (χ2v) is 5.35. The average molecular weight is 356 g/mol. The van der Waals surface area contributed by atoms with Gasteiger partial charge in [0.15, 0.2) is 6.10 Å². The van der Waals surface area contributed by atoms with E-state index in [9.17, 15) is 14.9 Å². The number of nitro benzene ring substituents is 1. The van der Waals surface area contributed by atoms with E-state index in [-0.39, 0.29) is 22.2 Å². The van der Waals surface area contributed by atoms with E-state index in [4.69, 9.17) is 32.7 Å². The molecule has 2 rings (SSSR count). The number of hydrogen-bond acceptors (Lipinski definition) is 5. The summed E-state index contributed by atoms with van der Waals surface area (Å²) >= 11 is 11.7. The maximum atomic E-state index is 12.0. The Kier molecular flexibility index (Phi) is 5.41. The summed E-state index contributed by atoms with van der Waals surface area (Å²) in [4.78, 5) is 22.1. The first kappa shape index (κ1) is 17.1. The van der Waals surface area contributed by atoms with Crippen molar-refractivity contribution in [1.29, 1.82) is 0 Å². The van der Waals surface area contributed by atoms with Gasteiger partial charge in [0.05, 0.1) is 16.0 Å². The fourth-order valence-electron chi connectivity index (χ4n) is 1.67. The van der Waals surface area contributed by atoms with Crippen molar-refractivity contribution >= 4 is 34.9 Å². The Morgan fingerprint density at radius 3 is 2.61 bits per heavy atom. The van der Waals surface area contributed by atoms with Crippen molar-refractivity contribution in [3.05, 3.63) is 62.6 Å². The van der Waals surface area contributed by atoms with Gasteiger partial charge in [-0.1, -0.05) is 29.3 Å². The lowest BCUT2D eigenvalue weighted by Crippen LogP contribution is -2.28. The van der Waals surface area contributed by atoms with Crippen LogP contribution in [0.25, 0.3) is 0 Å². The molecule has 0 amide bonds. The molecule has 2 aromatic rings. The molecule has 1 atom stereocenters. The third-order valence-electron chi connectivity index (χ3n) is 2.78. The highest BCUT2D eigenvalue weighted by atomic mass is 35.5. The third-order valence-corrected chi connectivity index (χ3v) is 3.31. The lowest BCUT2D eigenvalue weighted by molar-refractivity contribution is -0.384. The molecule has 0 fully saturated rings. The summed E-state index contributed by atoms with van der Waals surface area (Å²) in [7, 11) is 0. The van der Waals surface area contributed by atoms with E-state index in [1.54, 1.807) is 6.07 Å². The van der Waals surface area contributed by atoms with Crippen molar-refractivity contribution in [3.8, 4) is 11.5 Å². The van der Waals surface area contributed by atoms with Crippen molar-refractivity contribution in [2.24, 2.45) is 0 Å². The minimum absolute atomic E-state index is 0.0573. The third kappa shape index (κ3) is 4.58. The first-order chi connectivity index (χ1) is 10.9. The fourth-order valence-corrected chi connectivity index (χ4v) is 2.12. The van der Waals surface area contributed by atoms with Crippen LogP contribution in [0, 0.1) is 10.1 Å². The number of ether oxygens (including phenoxy) is 2. The number of halogens is 2. The summed E-state index contributed by atoms with van der Waals surface area (Å²) in [5, 5.41) is 11.4. The molecule has 2 aromatic carbocycles. The van der Waals surface area contributed by atoms with Crippen LogP contribution in [-0.4, -0.2) is 17.0 Å². The SMILES string of the molecule is C[C@H](Oc1ccc(Cl)cc1Cl)C(=O)Oc1cccc([N+](=O)[O-])c1. The largest absolute Gasteiger partial charge is 0.477 e. The zero-order valence-electron chi connectivity index (χ0n) is 11.9. The van der Waals surface area contributed by atoms with E-state index in [0.717, 1.165) is 6.07 Å². The molecule has 0 saturated carbocycles. The van der Waals surface area contributed by atoms with Gasteiger partial charge in [-0.15, -0.1) is 0 Å². The smallest absolute Gasteiger partial charge is 0.352 e. The summed E-state index contributed by atoms with van der Waals surface area (Å²) in [6.07, 6.45) is -0.965. The summed E-state index contributed by atoms with van der Waals surface area (Å²) in [5.41, 5.74) is -0.176. The Hall–Kier alpha value is -2.31. The number of rotatable bonds is 5. The van der Waals surface area contributed by atoms with Gasteiger partial charge in [-0.2, -0.15) is 0 Å². The molecule has 0 aromatic heterocycles. The van der Waals surface area contributed by atoms with Crippen LogP contribution in [0.5, 0.6) is 11.5 Å². The second-order valence-electron chi connectivity index (χ2n) is 4.51. The number of carbonyl (C=O) groups excluding carboxylic acids is 1. The fraction of sp³-hybridized carbons (Fsp3) is 0.133. The van der Waals surface area contributed by atoms with E-state index < -0.39 is 17.0 Å². The summed E-state index contributed by atoms with van der Waals surface area (Å²) in [5.74, 6) is -0.377. The van der Waals surface area contributed by atoms with E-state index in [1.165, 1.54) is 37.3 Å². The molecule has 0 radical (unpaired) electrons. The summed E-state index contributed by atoms with van der Waals surface area (Å²) in [6.45, 7) is 1.48. The van der Waals surface area contributed by atoms with Crippen LogP contribution in [0.1, 0.15) is 6.92 Å². The van der Waals surface area contributed by atoms with Gasteiger partial charge in [-0.25, -0.2) is 4.79 Å². The van der Waals surface area contributed by atoms with E-state index in [1.807, 2.05) is 0 Å². The Morgan fingerprint density at radius 2 is 1.96 bits per heavy atom. The minimum atomic E-state index is -0.965. The van der Waals surface area contributed by atoms with Gasteiger partial charge in [-0.3, -0.25) is 10.1 Å². The minimum Gasteiger partial charge on any atom is -0.477 e. The number of esters is 1. The van der Waals surface area contributed by atoms with Gasteiger partial charge < -0.3 is 9.47 Å². The molecule has 0 aliphatic heterocycles. The van der Waals surface area contributed by atoms with Crippen LogP contribution in [-0.2, 0) is 4.79 Å². The van der Waals surface area contributed by atoms with Crippen molar-refractivity contribution in [2.45, 2.75) is 13.0 Å². The second kappa shape index (κ2) is 7.30. The Bertz CT molecular complexity index is 750. The van der Waals surface area contributed by atoms with Crippen LogP contribution >= 0.6 is 23.2 Å². The quantitative estimate of drug-likeness (QED) is 0.346. The van der Waals surface area contributed by atoms with Gasteiger partial charge >= 0.3 is 5.97 Å². The molecule has 6 nitrogen and oxygen atoms in total. The van der Waals surface area contributed by atoms with Gasteiger partial charge in [0.1, 0.15) is 11.5 Å². The normalized spacial score (nSPS) is 11.6. The van der Waals surface area contributed by atoms with Crippen molar-refractivity contribution in [1.82, 2.24) is 0 Å². The van der Waals surface area contributed by atoms with Crippen LogP contribution in [0.2, 0.25) is 10.0 Å². The highest BCUT2D eigenvalue weighted by Gasteiger charge is 2.19. The zero-order valence-corrected chi connectivity index (χ0v) is 13.4. The van der Waals surface area contributed by atoms with Crippen LogP contribution in [0.4, 0.5) is 5.69 Å². The first-order valence-electron chi connectivity index (χ1n) is 6.44. The predicted molar refractivity (Wildman–Crippen MR) is 85.3 cm³/mol. The van der Waals surface area contributed by atoms with Crippen LogP contribution < -0.4 is 9.47 Å². The van der Waals surface area contributed by atoms with Crippen LogP contribution in [0.3, 0.4) is 0 Å². The molecular formula is C15H11Cl2NO5. The standard InChI is InChI=1S/C15H11Cl2NO5/c1-9(22-14-6-5-10(16)7-13(14)17)15(19)23-12-4-2-3-11(8-12)18(20)21/h2-9H,1H3/t9-/m0/s1. The van der Waals surface area contributed by atoms with Crippen LogP contribution in [0.15, 0.2) is 42.5 Å². The topological polar surface area (TPSA) is 78.7 Å². The van der Waals surface area contributed by atoms with E-state index in [2.05, 4.69) is 0 Å². The van der Waals surface area contributed by atoms with Gasteiger partial charge in [-0.05, 0) is 31.2 Å². The highest BCUT2D eigenvalue weighted by Crippen LogP contribution is 2.28. The summed E-state index contributed by atoms with van der Waals surface area (Å²) in [6, 6.07) is 9.89. The molecule has 0 N–H and O–H groups in total. The predicted octanol–water partition coefficient (Wildman–Crippen LogP) is 4.27. The first-order valence-corrected chi connectivity index (χ1v) is 7.20. The lowest BCUT2D eigenvalue weighted by Gasteiger charge is -2.14. The van der Waals surface area contributed by atoms with Crippen molar-refractivity contribution in [2.75, 3.05) is 0 Å². The molecule has 0 aliphatic carbocycles. The number of hydrogen-bond donors (Lipinski definition) is 0. The highest BCUT2D eigenvalue weighted by molar-refractivity contribution is 6.35. The molecule has 0 aliphatic rings. The molecule has 0 unspecified atom stereocenters. The molecule has 8 heteroatoms. The number of non-ortho nitro benzene ring substituents is 1. The van der Waals surface area contributed by atoms with Gasteiger partial charge in [0.25, 0.3) is 5.69 Å². The number of benzene rings is 2. The lowest BCUT2D eigenvalue weighted by atomic mass is 10.3.